The van der Waals surface area contributed by atoms with Gasteiger partial charge in [-0.3, -0.25) is 4.79 Å². The minimum Gasteiger partial charge on any atom is -0.496 e. The predicted molar refractivity (Wildman–Crippen MR) is 73.6 cm³/mol. The van der Waals surface area contributed by atoms with Crippen molar-refractivity contribution in [3.05, 3.63) is 53.6 Å². The summed E-state index contributed by atoms with van der Waals surface area (Å²) in [7, 11) is 1.41. The summed E-state index contributed by atoms with van der Waals surface area (Å²) in [4.78, 5) is 11.5. The molecule has 2 rings (SSSR count). The average Bonchev–Trinajstić information content (AvgIpc) is 2.45. The first-order valence-corrected chi connectivity index (χ1v) is 6.27. The lowest BCUT2D eigenvalue weighted by molar-refractivity contribution is -0.137. The van der Waals surface area contributed by atoms with Crippen molar-refractivity contribution in [3.8, 4) is 16.9 Å². The SMILES string of the molecule is COc1cccc(C(=O)Cl)c1-c1ccc(C(F)(F)F)cc1. The van der Waals surface area contributed by atoms with Gasteiger partial charge in [0.05, 0.1) is 12.7 Å². The molecular formula is C15H10ClF3O2. The van der Waals surface area contributed by atoms with E-state index >= 15 is 0 Å². The summed E-state index contributed by atoms with van der Waals surface area (Å²) in [5, 5.41) is -0.705. The quantitative estimate of drug-likeness (QED) is 0.763. The molecule has 0 saturated heterocycles. The summed E-state index contributed by atoms with van der Waals surface area (Å²) in [5.74, 6) is 0.362. The maximum atomic E-state index is 12.6. The Morgan fingerprint density at radius 3 is 2.19 bits per heavy atom. The number of alkyl halides is 3. The lowest BCUT2D eigenvalue weighted by Crippen LogP contribution is -2.04. The van der Waals surface area contributed by atoms with Crippen molar-refractivity contribution in [2.24, 2.45) is 0 Å². The van der Waals surface area contributed by atoms with Crippen molar-refractivity contribution < 1.29 is 22.7 Å². The number of halogens is 4. The van der Waals surface area contributed by atoms with Crippen LogP contribution in [0, 0.1) is 0 Å². The molecule has 2 aromatic carbocycles. The monoisotopic (exact) mass is 314 g/mol. The lowest BCUT2D eigenvalue weighted by atomic mass is 9.98. The van der Waals surface area contributed by atoms with E-state index < -0.39 is 17.0 Å². The Balaban J connectivity index is 2.58. The van der Waals surface area contributed by atoms with Gasteiger partial charge in [0, 0.05) is 11.1 Å². The molecule has 0 fully saturated rings. The van der Waals surface area contributed by atoms with Gasteiger partial charge in [0.2, 0.25) is 0 Å². The third-order valence-electron chi connectivity index (χ3n) is 2.96. The molecule has 0 radical (unpaired) electrons. The molecule has 2 nitrogen and oxygen atoms in total. The maximum Gasteiger partial charge on any atom is 0.416 e. The number of benzene rings is 2. The number of carbonyl (C=O) groups excluding carboxylic acids is 1. The molecule has 0 spiro atoms. The summed E-state index contributed by atoms with van der Waals surface area (Å²) in [6, 6.07) is 9.14. The number of rotatable bonds is 3. The van der Waals surface area contributed by atoms with Crippen molar-refractivity contribution in [2.75, 3.05) is 7.11 Å². The van der Waals surface area contributed by atoms with Crippen LogP contribution >= 0.6 is 11.6 Å². The largest absolute Gasteiger partial charge is 0.496 e. The van der Waals surface area contributed by atoms with Crippen molar-refractivity contribution >= 4 is 16.8 Å². The van der Waals surface area contributed by atoms with Gasteiger partial charge in [0.25, 0.3) is 5.24 Å². The Morgan fingerprint density at radius 2 is 1.71 bits per heavy atom. The molecule has 21 heavy (non-hydrogen) atoms. The van der Waals surface area contributed by atoms with Gasteiger partial charge in [-0.05, 0) is 41.4 Å². The molecule has 0 amide bonds. The highest BCUT2D eigenvalue weighted by Gasteiger charge is 2.30. The molecular weight excluding hydrogens is 305 g/mol. The molecule has 110 valence electrons. The van der Waals surface area contributed by atoms with Crippen LogP contribution in [0.25, 0.3) is 11.1 Å². The Bertz CT molecular complexity index is 664. The zero-order chi connectivity index (χ0) is 15.6. The van der Waals surface area contributed by atoms with Gasteiger partial charge in [-0.25, -0.2) is 0 Å². The fourth-order valence-corrected chi connectivity index (χ4v) is 2.15. The minimum absolute atomic E-state index is 0.177. The fourth-order valence-electron chi connectivity index (χ4n) is 1.99. The molecule has 0 N–H and O–H groups in total. The van der Waals surface area contributed by atoms with Crippen molar-refractivity contribution in [2.45, 2.75) is 6.18 Å². The second kappa shape index (κ2) is 5.77. The standard InChI is InChI=1S/C15H10ClF3O2/c1-21-12-4-2-3-11(14(16)20)13(12)9-5-7-10(8-6-9)15(17,18)19/h2-8H,1H3. The second-order valence-corrected chi connectivity index (χ2v) is 4.57. The summed E-state index contributed by atoms with van der Waals surface area (Å²) >= 11 is 5.52. The first kappa shape index (κ1) is 15.4. The van der Waals surface area contributed by atoms with Gasteiger partial charge in [-0.2, -0.15) is 13.2 Å². The molecule has 0 aliphatic heterocycles. The van der Waals surface area contributed by atoms with Gasteiger partial charge in [-0.1, -0.05) is 18.2 Å². The second-order valence-electron chi connectivity index (χ2n) is 4.23. The van der Waals surface area contributed by atoms with Crippen molar-refractivity contribution in [1.82, 2.24) is 0 Å². The fraction of sp³-hybridized carbons (Fsp3) is 0.133. The number of hydrogen-bond acceptors (Lipinski definition) is 2. The Kier molecular flexibility index (Phi) is 4.23. The number of hydrogen-bond donors (Lipinski definition) is 0. The number of methoxy groups -OCH3 is 1. The maximum absolute atomic E-state index is 12.6. The molecule has 0 aliphatic carbocycles. The van der Waals surface area contributed by atoms with Crippen LogP contribution in [0.1, 0.15) is 15.9 Å². The third-order valence-corrected chi connectivity index (χ3v) is 3.16. The third kappa shape index (κ3) is 3.19. The van der Waals surface area contributed by atoms with Gasteiger partial charge in [0.1, 0.15) is 5.75 Å². The highest BCUT2D eigenvalue weighted by Crippen LogP contribution is 2.36. The molecule has 0 heterocycles. The summed E-state index contributed by atoms with van der Waals surface area (Å²) in [5.41, 5.74) is 0.203. The highest BCUT2D eigenvalue weighted by atomic mass is 35.5. The minimum atomic E-state index is -4.41. The van der Waals surface area contributed by atoms with E-state index in [1.54, 1.807) is 12.1 Å². The van der Waals surface area contributed by atoms with Crippen LogP contribution in [0.4, 0.5) is 13.2 Å². The van der Waals surface area contributed by atoms with E-state index in [0.717, 1.165) is 12.1 Å². The van der Waals surface area contributed by atoms with Gasteiger partial charge >= 0.3 is 6.18 Å². The zero-order valence-corrected chi connectivity index (χ0v) is 11.6. The van der Waals surface area contributed by atoms with E-state index in [9.17, 15) is 18.0 Å². The molecule has 0 atom stereocenters. The normalized spacial score (nSPS) is 11.3. The van der Waals surface area contributed by atoms with E-state index in [-0.39, 0.29) is 5.56 Å². The summed E-state index contributed by atoms with van der Waals surface area (Å²) in [6.07, 6.45) is -4.41. The van der Waals surface area contributed by atoms with E-state index in [2.05, 4.69) is 0 Å². The van der Waals surface area contributed by atoms with E-state index in [4.69, 9.17) is 16.3 Å². The number of carbonyl (C=O) groups is 1. The average molecular weight is 315 g/mol. The Labute approximate surface area is 124 Å². The van der Waals surface area contributed by atoms with Crippen LogP contribution in [0.2, 0.25) is 0 Å². The topological polar surface area (TPSA) is 26.3 Å². The Morgan fingerprint density at radius 1 is 1.10 bits per heavy atom. The van der Waals surface area contributed by atoms with Crippen LogP contribution in [-0.2, 0) is 6.18 Å². The molecule has 0 bridgehead atoms. The molecule has 2 aromatic rings. The lowest BCUT2D eigenvalue weighted by Gasteiger charge is -2.13. The molecule has 0 aliphatic rings. The molecule has 0 saturated carbocycles. The van der Waals surface area contributed by atoms with Crippen molar-refractivity contribution in [3.63, 3.8) is 0 Å². The van der Waals surface area contributed by atoms with Gasteiger partial charge < -0.3 is 4.74 Å². The summed E-state index contributed by atoms with van der Waals surface area (Å²) < 4.78 is 42.9. The first-order valence-electron chi connectivity index (χ1n) is 5.89. The highest BCUT2D eigenvalue weighted by molar-refractivity contribution is 6.68. The molecule has 6 heteroatoms. The van der Waals surface area contributed by atoms with Gasteiger partial charge in [0.15, 0.2) is 0 Å². The number of ether oxygens (including phenoxy) is 1. The van der Waals surface area contributed by atoms with E-state index in [1.165, 1.54) is 25.3 Å². The Hall–Kier alpha value is -2.01. The summed E-state index contributed by atoms with van der Waals surface area (Å²) in [6.45, 7) is 0. The van der Waals surface area contributed by atoms with Crippen LogP contribution in [0.15, 0.2) is 42.5 Å². The zero-order valence-electron chi connectivity index (χ0n) is 10.9. The van der Waals surface area contributed by atoms with Crippen molar-refractivity contribution in [1.29, 1.82) is 0 Å². The first-order chi connectivity index (χ1) is 9.84. The predicted octanol–water partition coefficient (Wildman–Crippen LogP) is 4.76. The van der Waals surface area contributed by atoms with Crippen LogP contribution in [0.3, 0.4) is 0 Å². The van der Waals surface area contributed by atoms with Gasteiger partial charge in [-0.15, -0.1) is 0 Å². The van der Waals surface area contributed by atoms with Crippen LogP contribution < -0.4 is 4.74 Å². The van der Waals surface area contributed by atoms with Crippen LogP contribution in [0.5, 0.6) is 5.75 Å². The molecule has 0 aromatic heterocycles. The smallest absolute Gasteiger partial charge is 0.416 e. The van der Waals surface area contributed by atoms with E-state index in [0.29, 0.717) is 16.9 Å². The van der Waals surface area contributed by atoms with E-state index in [1.807, 2.05) is 0 Å². The van der Waals surface area contributed by atoms with Crippen LogP contribution in [-0.4, -0.2) is 12.4 Å². The molecule has 0 unspecified atom stereocenters.